The Morgan fingerprint density at radius 1 is 1.21 bits per heavy atom. The highest BCUT2D eigenvalue weighted by Crippen LogP contribution is 2.55. The Bertz CT molecular complexity index is 625. The number of rotatable bonds is 4. The molecule has 130 valence electrons. The van der Waals surface area contributed by atoms with Gasteiger partial charge >= 0.3 is 6.03 Å². The van der Waals surface area contributed by atoms with Crippen LogP contribution in [0.2, 0.25) is 0 Å². The fourth-order valence-electron chi connectivity index (χ4n) is 5.17. The van der Waals surface area contributed by atoms with Crippen LogP contribution in [0, 0.1) is 17.8 Å². The van der Waals surface area contributed by atoms with Gasteiger partial charge in [-0.25, -0.2) is 9.48 Å². The number of imide groups is 1. The third-order valence-corrected chi connectivity index (χ3v) is 6.59. The second-order valence-electron chi connectivity index (χ2n) is 7.57. The van der Waals surface area contributed by atoms with E-state index in [0.29, 0.717) is 5.16 Å². The first-order chi connectivity index (χ1) is 11.5. The topological polar surface area (TPSA) is 102 Å². The van der Waals surface area contributed by atoms with Crippen molar-refractivity contribution in [3.8, 4) is 0 Å². The predicted octanol–water partition coefficient (Wildman–Crippen LogP) is 1.10. The Morgan fingerprint density at radius 3 is 2.38 bits per heavy atom. The van der Waals surface area contributed by atoms with Crippen LogP contribution in [0.3, 0.4) is 0 Å². The molecule has 0 spiro atoms. The summed E-state index contributed by atoms with van der Waals surface area (Å²) in [5.74, 6) is 2.05. The number of carbonyl (C=O) groups excluding carboxylic acids is 2. The van der Waals surface area contributed by atoms with Crippen LogP contribution in [0.5, 0.6) is 0 Å². The minimum atomic E-state index is -0.362. The van der Waals surface area contributed by atoms with Crippen LogP contribution < -0.4 is 10.6 Å². The summed E-state index contributed by atoms with van der Waals surface area (Å²) >= 11 is 1.21. The van der Waals surface area contributed by atoms with Crippen molar-refractivity contribution in [2.45, 2.75) is 49.2 Å². The van der Waals surface area contributed by atoms with Gasteiger partial charge in [0.15, 0.2) is 0 Å². The zero-order chi connectivity index (χ0) is 16.7. The first-order valence-electron chi connectivity index (χ1n) is 8.48. The molecule has 1 heterocycles. The van der Waals surface area contributed by atoms with E-state index in [0.717, 1.165) is 37.0 Å². The highest BCUT2D eigenvalue weighted by molar-refractivity contribution is 7.99. The fourth-order valence-corrected chi connectivity index (χ4v) is 5.82. The first-order valence-corrected chi connectivity index (χ1v) is 9.47. The van der Waals surface area contributed by atoms with Crippen molar-refractivity contribution in [1.82, 2.24) is 30.8 Å². The average Bonchev–Trinajstić information content (AvgIpc) is 2.88. The molecule has 0 radical (unpaired) electrons. The van der Waals surface area contributed by atoms with Crippen molar-refractivity contribution in [2.75, 3.05) is 5.75 Å². The molecular formula is C15H22N6O2S. The van der Waals surface area contributed by atoms with E-state index in [-0.39, 0.29) is 23.2 Å². The van der Waals surface area contributed by atoms with E-state index < -0.39 is 0 Å². The number of aromatic nitrogens is 4. The van der Waals surface area contributed by atoms with Crippen molar-refractivity contribution in [2.24, 2.45) is 24.8 Å². The molecule has 2 N–H and O–H groups in total. The van der Waals surface area contributed by atoms with Crippen molar-refractivity contribution in [3.05, 3.63) is 0 Å². The highest BCUT2D eigenvalue weighted by atomic mass is 32.2. The number of carbonyl (C=O) groups is 2. The Hall–Kier alpha value is -1.64. The molecule has 4 aliphatic rings. The SMILES string of the molecule is Cn1nnnc1SCC(=O)NC(=O)NC12CC3CC(CC(C3)C1)C2. The number of hydrogen-bond acceptors (Lipinski definition) is 6. The lowest BCUT2D eigenvalue weighted by molar-refractivity contribution is -0.117. The van der Waals surface area contributed by atoms with E-state index >= 15 is 0 Å². The number of amides is 3. The lowest BCUT2D eigenvalue weighted by Gasteiger charge is -2.56. The molecule has 0 saturated heterocycles. The van der Waals surface area contributed by atoms with E-state index in [2.05, 4.69) is 26.2 Å². The molecule has 3 amide bonds. The standard InChI is InChI=1S/C15H22N6O2S/c1-21-14(18-19-20-21)24-8-12(22)16-13(23)17-15-5-9-2-10(6-15)4-11(3-9)7-15/h9-11H,2-8H2,1H3,(H2,16,17,22,23). The van der Waals surface area contributed by atoms with Gasteiger partial charge in [-0.3, -0.25) is 10.1 Å². The third kappa shape index (κ3) is 3.13. The molecule has 5 rings (SSSR count). The Labute approximate surface area is 144 Å². The van der Waals surface area contributed by atoms with Gasteiger partial charge in [0.25, 0.3) is 0 Å². The van der Waals surface area contributed by atoms with Crippen LogP contribution >= 0.6 is 11.8 Å². The summed E-state index contributed by atoms with van der Waals surface area (Å²) < 4.78 is 1.49. The Morgan fingerprint density at radius 2 is 1.83 bits per heavy atom. The smallest absolute Gasteiger partial charge is 0.321 e. The maximum atomic E-state index is 12.3. The largest absolute Gasteiger partial charge is 0.332 e. The Kier molecular flexibility index (Phi) is 3.98. The summed E-state index contributed by atoms with van der Waals surface area (Å²) in [6, 6.07) is -0.362. The number of nitrogens with one attached hydrogen (secondary N) is 2. The third-order valence-electron chi connectivity index (χ3n) is 5.58. The van der Waals surface area contributed by atoms with Crippen molar-refractivity contribution >= 4 is 23.7 Å². The molecular weight excluding hydrogens is 328 g/mol. The molecule has 4 bridgehead atoms. The zero-order valence-electron chi connectivity index (χ0n) is 13.7. The molecule has 24 heavy (non-hydrogen) atoms. The molecule has 8 nitrogen and oxygen atoms in total. The molecule has 0 aromatic carbocycles. The summed E-state index contributed by atoms with van der Waals surface area (Å²) in [5, 5.41) is 17.1. The summed E-state index contributed by atoms with van der Waals surface area (Å²) in [6.07, 6.45) is 7.18. The normalized spacial score (nSPS) is 33.5. The maximum Gasteiger partial charge on any atom is 0.321 e. The summed E-state index contributed by atoms with van der Waals surface area (Å²) in [7, 11) is 1.71. The summed E-state index contributed by atoms with van der Waals surface area (Å²) in [5.41, 5.74) is -0.0836. The van der Waals surface area contributed by atoms with Crippen LogP contribution in [0.1, 0.15) is 38.5 Å². The van der Waals surface area contributed by atoms with Gasteiger partial charge in [0.1, 0.15) is 0 Å². The number of tetrazole rings is 1. The summed E-state index contributed by atoms with van der Waals surface area (Å²) in [4.78, 5) is 24.2. The molecule has 0 unspecified atom stereocenters. The van der Waals surface area contributed by atoms with Gasteiger partial charge in [-0.15, -0.1) is 5.10 Å². The van der Waals surface area contributed by atoms with E-state index in [4.69, 9.17) is 0 Å². The second kappa shape index (κ2) is 6.02. The van der Waals surface area contributed by atoms with Crippen LogP contribution in [0.4, 0.5) is 4.79 Å². The number of hydrogen-bond donors (Lipinski definition) is 2. The molecule has 1 aromatic rings. The average molecular weight is 350 g/mol. The minimum Gasteiger partial charge on any atom is -0.332 e. The van der Waals surface area contributed by atoms with E-state index in [9.17, 15) is 9.59 Å². The van der Waals surface area contributed by atoms with Crippen LogP contribution in [0.25, 0.3) is 0 Å². The van der Waals surface area contributed by atoms with Gasteiger partial charge in [0, 0.05) is 12.6 Å². The number of thioether (sulfide) groups is 1. The molecule has 1 aromatic heterocycles. The monoisotopic (exact) mass is 350 g/mol. The lowest BCUT2D eigenvalue weighted by Crippen LogP contribution is -2.61. The molecule has 4 aliphatic carbocycles. The zero-order valence-corrected chi connectivity index (χ0v) is 14.5. The maximum absolute atomic E-state index is 12.3. The van der Waals surface area contributed by atoms with E-state index in [1.165, 1.54) is 35.7 Å². The van der Waals surface area contributed by atoms with Gasteiger partial charge < -0.3 is 5.32 Å². The van der Waals surface area contributed by atoms with Crippen LogP contribution in [-0.2, 0) is 11.8 Å². The van der Waals surface area contributed by atoms with Gasteiger partial charge in [-0.1, -0.05) is 11.8 Å². The first kappa shape index (κ1) is 15.9. The molecule has 0 atom stereocenters. The Balaban J connectivity index is 1.29. The fraction of sp³-hybridized carbons (Fsp3) is 0.800. The number of urea groups is 1. The number of aryl methyl sites for hydroxylation is 1. The van der Waals surface area contributed by atoms with Gasteiger partial charge in [0.2, 0.25) is 11.1 Å². The van der Waals surface area contributed by atoms with E-state index in [1.54, 1.807) is 7.05 Å². The summed E-state index contributed by atoms with van der Waals surface area (Å²) in [6.45, 7) is 0. The molecule has 4 saturated carbocycles. The van der Waals surface area contributed by atoms with Gasteiger partial charge in [-0.2, -0.15) is 0 Å². The van der Waals surface area contributed by atoms with Crippen molar-refractivity contribution < 1.29 is 9.59 Å². The second-order valence-corrected chi connectivity index (χ2v) is 8.52. The van der Waals surface area contributed by atoms with Crippen LogP contribution in [0.15, 0.2) is 5.16 Å². The van der Waals surface area contributed by atoms with Gasteiger partial charge in [-0.05, 0) is 66.7 Å². The molecule has 4 fully saturated rings. The van der Waals surface area contributed by atoms with Crippen LogP contribution in [-0.4, -0.2) is 43.4 Å². The minimum absolute atomic E-state index is 0.0836. The molecule has 9 heteroatoms. The molecule has 0 aliphatic heterocycles. The quantitative estimate of drug-likeness (QED) is 0.789. The van der Waals surface area contributed by atoms with E-state index in [1.807, 2.05) is 0 Å². The lowest BCUT2D eigenvalue weighted by atomic mass is 9.53. The predicted molar refractivity (Wildman–Crippen MR) is 87.1 cm³/mol. The van der Waals surface area contributed by atoms with Crippen molar-refractivity contribution in [3.63, 3.8) is 0 Å². The van der Waals surface area contributed by atoms with Gasteiger partial charge in [0.05, 0.1) is 5.75 Å². The number of nitrogens with zero attached hydrogens (tertiary/aromatic N) is 4. The highest BCUT2D eigenvalue weighted by Gasteiger charge is 2.51. The van der Waals surface area contributed by atoms with Crippen molar-refractivity contribution in [1.29, 1.82) is 0 Å².